The Morgan fingerprint density at radius 2 is 2.10 bits per heavy atom. The Bertz CT molecular complexity index is 1060. The lowest BCUT2D eigenvalue weighted by atomic mass is 10.0. The highest BCUT2D eigenvalue weighted by Gasteiger charge is 2.27. The maximum absolute atomic E-state index is 13.7. The first-order valence-electron chi connectivity index (χ1n) is 9.27. The molecule has 1 aliphatic heterocycles. The van der Waals surface area contributed by atoms with Gasteiger partial charge in [-0.3, -0.25) is 14.8 Å². The largest absolute Gasteiger partial charge is 0.487 e. The van der Waals surface area contributed by atoms with Gasteiger partial charge in [-0.15, -0.1) is 0 Å². The number of hydrogen-bond donors (Lipinski definition) is 1. The number of aryl methyl sites for hydroxylation is 1. The lowest BCUT2D eigenvalue weighted by Gasteiger charge is -2.14. The van der Waals surface area contributed by atoms with Gasteiger partial charge in [-0.25, -0.2) is 8.78 Å². The number of hydrogen-bond acceptors (Lipinski definition) is 4. The molecule has 0 saturated heterocycles. The van der Waals surface area contributed by atoms with E-state index in [-0.39, 0.29) is 30.5 Å². The highest BCUT2D eigenvalue weighted by molar-refractivity contribution is 5.78. The zero-order chi connectivity index (χ0) is 20.4. The van der Waals surface area contributed by atoms with Crippen LogP contribution in [0.4, 0.5) is 8.78 Å². The van der Waals surface area contributed by atoms with E-state index in [1.165, 1.54) is 0 Å². The van der Waals surface area contributed by atoms with Crippen molar-refractivity contribution in [1.29, 1.82) is 0 Å². The van der Waals surface area contributed by atoms with Gasteiger partial charge in [0.2, 0.25) is 5.91 Å². The van der Waals surface area contributed by atoms with Crippen molar-refractivity contribution < 1.29 is 18.3 Å². The number of benzene rings is 2. The number of carbonyl (C=O) groups excluding carboxylic acids is 1. The molecule has 0 unspecified atom stereocenters. The normalized spacial score (nSPS) is 14.9. The van der Waals surface area contributed by atoms with E-state index in [9.17, 15) is 13.6 Å². The van der Waals surface area contributed by atoms with Crippen LogP contribution in [0.3, 0.4) is 0 Å². The maximum atomic E-state index is 13.7. The molecule has 1 N–H and O–H groups in total. The maximum Gasteiger partial charge on any atom is 0.224 e. The molecule has 29 heavy (non-hydrogen) atoms. The van der Waals surface area contributed by atoms with Crippen LogP contribution in [0, 0.1) is 18.6 Å². The number of amides is 1. The van der Waals surface area contributed by atoms with Crippen molar-refractivity contribution in [2.75, 3.05) is 6.54 Å². The van der Waals surface area contributed by atoms with E-state index < -0.39 is 11.6 Å². The molecular formula is C22H19F2N3O2. The van der Waals surface area contributed by atoms with Crippen LogP contribution in [-0.2, 0) is 17.6 Å². The summed E-state index contributed by atoms with van der Waals surface area (Å²) in [5, 5.41) is 2.75. The molecule has 2 heterocycles. The molecule has 1 atom stereocenters. The smallest absolute Gasteiger partial charge is 0.224 e. The van der Waals surface area contributed by atoms with Crippen molar-refractivity contribution in [2.24, 2.45) is 0 Å². The number of fused-ring (bicyclic) bond motifs is 1. The summed E-state index contributed by atoms with van der Waals surface area (Å²) in [6.07, 6.45) is 5.08. The van der Waals surface area contributed by atoms with Crippen LogP contribution >= 0.6 is 0 Å². The van der Waals surface area contributed by atoms with Crippen molar-refractivity contribution >= 4 is 5.91 Å². The average molecular weight is 395 g/mol. The van der Waals surface area contributed by atoms with Crippen molar-refractivity contribution in [3.8, 4) is 17.0 Å². The molecule has 5 nitrogen and oxygen atoms in total. The van der Waals surface area contributed by atoms with Gasteiger partial charge < -0.3 is 10.1 Å². The van der Waals surface area contributed by atoms with E-state index in [4.69, 9.17) is 4.74 Å². The molecule has 4 rings (SSSR count). The van der Waals surface area contributed by atoms with E-state index >= 15 is 0 Å². The molecule has 148 valence electrons. The Hall–Kier alpha value is -3.35. The minimum atomic E-state index is -0.602. The number of halogens is 2. The van der Waals surface area contributed by atoms with Crippen molar-refractivity contribution in [3.63, 3.8) is 0 Å². The van der Waals surface area contributed by atoms with E-state index in [1.54, 1.807) is 18.6 Å². The number of rotatable bonds is 5. The second-order valence-corrected chi connectivity index (χ2v) is 7.05. The van der Waals surface area contributed by atoms with Crippen molar-refractivity contribution in [3.05, 3.63) is 77.2 Å². The Labute approximate surface area is 166 Å². The molecule has 0 spiro atoms. The highest BCUT2D eigenvalue weighted by Crippen LogP contribution is 2.38. The van der Waals surface area contributed by atoms with Crippen LogP contribution in [0.5, 0.6) is 5.75 Å². The van der Waals surface area contributed by atoms with Crippen LogP contribution in [-0.4, -0.2) is 28.5 Å². The first-order valence-corrected chi connectivity index (χ1v) is 9.27. The third kappa shape index (κ3) is 4.23. The van der Waals surface area contributed by atoms with Crippen LogP contribution in [0.25, 0.3) is 11.3 Å². The van der Waals surface area contributed by atoms with Crippen LogP contribution in [0.15, 0.2) is 48.9 Å². The first kappa shape index (κ1) is 19.0. The average Bonchev–Trinajstić information content (AvgIpc) is 3.12. The summed E-state index contributed by atoms with van der Waals surface area (Å²) in [4.78, 5) is 20.6. The number of aromatic nitrogens is 2. The van der Waals surface area contributed by atoms with Gasteiger partial charge in [0.1, 0.15) is 23.5 Å². The summed E-state index contributed by atoms with van der Waals surface area (Å²) in [6.45, 7) is 2.27. The molecule has 1 aromatic heterocycles. The molecule has 0 bridgehead atoms. The second-order valence-electron chi connectivity index (χ2n) is 7.05. The first-order chi connectivity index (χ1) is 14.0. The molecule has 0 fully saturated rings. The van der Waals surface area contributed by atoms with Crippen LogP contribution in [0.2, 0.25) is 0 Å². The SMILES string of the molecule is Cc1cc2c(c(-c3cnccn3)c1)O[C@H](CNC(=O)Cc1cc(F)ccc1F)C2. The zero-order valence-electron chi connectivity index (χ0n) is 15.8. The van der Waals surface area contributed by atoms with Crippen molar-refractivity contribution in [2.45, 2.75) is 25.9 Å². The molecule has 2 aromatic carbocycles. The van der Waals surface area contributed by atoms with Gasteiger partial charge in [-0.05, 0) is 42.3 Å². The third-order valence-corrected chi connectivity index (χ3v) is 4.77. The van der Waals surface area contributed by atoms with E-state index in [0.29, 0.717) is 6.42 Å². The molecule has 0 saturated carbocycles. The number of nitrogens with zero attached hydrogens (tertiary/aromatic N) is 2. The fourth-order valence-corrected chi connectivity index (χ4v) is 3.48. The standard InChI is InChI=1S/C22H19F2N3O2/c1-13-6-15-9-17(29-22(15)18(7-13)20-12-25-4-5-26-20)11-27-21(28)10-14-8-16(23)2-3-19(14)24/h2-8,12,17H,9-11H2,1H3,(H,27,28)/t17-/m0/s1. The fraction of sp³-hybridized carbons (Fsp3) is 0.227. The predicted molar refractivity (Wildman–Crippen MR) is 103 cm³/mol. The summed E-state index contributed by atoms with van der Waals surface area (Å²) in [6, 6.07) is 7.13. The Morgan fingerprint density at radius 3 is 2.90 bits per heavy atom. The van der Waals surface area contributed by atoms with Gasteiger partial charge >= 0.3 is 0 Å². The van der Waals surface area contributed by atoms with Gasteiger partial charge in [0.05, 0.1) is 24.9 Å². The summed E-state index contributed by atoms with van der Waals surface area (Å²) in [7, 11) is 0. The zero-order valence-corrected chi connectivity index (χ0v) is 15.8. The van der Waals surface area contributed by atoms with Crippen LogP contribution < -0.4 is 10.1 Å². The van der Waals surface area contributed by atoms with E-state index in [0.717, 1.165) is 46.3 Å². The number of ether oxygens (including phenoxy) is 1. The second kappa shape index (κ2) is 7.95. The van der Waals surface area contributed by atoms with E-state index in [2.05, 4.69) is 21.4 Å². The molecule has 1 aliphatic rings. The van der Waals surface area contributed by atoms with Gasteiger partial charge in [0.25, 0.3) is 0 Å². The predicted octanol–water partition coefficient (Wildman–Crippen LogP) is 3.39. The topological polar surface area (TPSA) is 64.1 Å². The fourth-order valence-electron chi connectivity index (χ4n) is 3.48. The molecule has 1 amide bonds. The Kier molecular flexibility index (Phi) is 5.20. The van der Waals surface area contributed by atoms with Gasteiger partial charge in [-0.2, -0.15) is 0 Å². The van der Waals surface area contributed by atoms with Gasteiger partial charge in [0, 0.05) is 29.9 Å². The summed E-state index contributed by atoms with van der Waals surface area (Å²) in [5.74, 6) is -0.822. The van der Waals surface area contributed by atoms with Gasteiger partial charge in [-0.1, -0.05) is 6.07 Å². The Balaban J connectivity index is 1.42. The lowest BCUT2D eigenvalue weighted by Crippen LogP contribution is -2.35. The lowest BCUT2D eigenvalue weighted by molar-refractivity contribution is -0.120. The minimum Gasteiger partial charge on any atom is -0.487 e. The summed E-state index contributed by atoms with van der Waals surface area (Å²) < 4.78 is 33.0. The molecule has 0 radical (unpaired) electrons. The van der Waals surface area contributed by atoms with Gasteiger partial charge in [0.15, 0.2) is 0 Å². The highest BCUT2D eigenvalue weighted by atomic mass is 19.1. The van der Waals surface area contributed by atoms with E-state index in [1.807, 2.05) is 13.0 Å². The number of carbonyl (C=O) groups is 1. The minimum absolute atomic E-state index is 0.0266. The Morgan fingerprint density at radius 1 is 1.24 bits per heavy atom. The monoisotopic (exact) mass is 395 g/mol. The summed E-state index contributed by atoms with van der Waals surface area (Å²) >= 11 is 0. The molecule has 7 heteroatoms. The molecular weight excluding hydrogens is 376 g/mol. The van der Waals surface area contributed by atoms with Crippen molar-refractivity contribution in [1.82, 2.24) is 15.3 Å². The molecule has 3 aromatic rings. The summed E-state index contributed by atoms with van der Waals surface area (Å²) in [5.41, 5.74) is 3.74. The quantitative estimate of drug-likeness (QED) is 0.719. The molecule has 0 aliphatic carbocycles. The third-order valence-electron chi connectivity index (χ3n) is 4.77. The van der Waals surface area contributed by atoms with Crippen LogP contribution in [0.1, 0.15) is 16.7 Å². The number of nitrogens with one attached hydrogen (secondary N) is 1.